The van der Waals surface area contributed by atoms with Crippen LogP contribution in [0.15, 0.2) is 6.07 Å². The number of aliphatic carboxylic acids is 1. The van der Waals surface area contributed by atoms with Crippen molar-refractivity contribution in [2.75, 3.05) is 6.61 Å². The van der Waals surface area contributed by atoms with E-state index in [0.717, 1.165) is 25.7 Å². The lowest BCUT2D eigenvalue weighted by molar-refractivity contribution is -0.139. The Labute approximate surface area is 128 Å². The fourth-order valence-electron chi connectivity index (χ4n) is 2.68. The van der Waals surface area contributed by atoms with Crippen LogP contribution in [0.1, 0.15) is 46.3 Å². The zero-order chi connectivity index (χ0) is 15.4. The molecule has 0 aliphatic heterocycles. The Morgan fingerprint density at radius 1 is 1.52 bits per heavy atom. The number of amides is 1. The minimum absolute atomic E-state index is 0.0179. The second kappa shape index (κ2) is 7.04. The maximum absolute atomic E-state index is 12.2. The number of aliphatic hydroxyl groups is 1. The first-order valence-corrected chi connectivity index (χ1v) is 8.12. The normalized spacial score (nSPS) is 18.9. The summed E-state index contributed by atoms with van der Waals surface area (Å²) in [7, 11) is 0. The molecule has 0 saturated heterocycles. The number of hydrogen-bond acceptors (Lipinski definition) is 4. The monoisotopic (exact) mass is 311 g/mol. The molecule has 2 rings (SSSR count). The third-order valence-electron chi connectivity index (χ3n) is 4.01. The Morgan fingerprint density at radius 2 is 2.29 bits per heavy atom. The molecule has 0 saturated carbocycles. The maximum atomic E-state index is 12.2. The summed E-state index contributed by atoms with van der Waals surface area (Å²) < 4.78 is 0. The molecule has 1 heterocycles. The Kier molecular flexibility index (Phi) is 5.36. The number of thiophene rings is 1. The maximum Gasteiger partial charge on any atom is 0.326 e. The van der Waals surface area contributed by atoms with Gasteiger partial charge in [-0.3, -0.25) is 4.79 Å². The van der Waals surface area contributed by atoms with Crippen molar-refractivity contribution < 1.29 is 19.8 Å². The number of carbonyl (C=O) groups excluding carboxylic acids is 1. The second-order valence-corrected chi connectivity index (χ2v) is 6.59. The van der Waals surface area contributed by atoms with E-state index < -0.39 is 12.0 Å². The van der Waals surface area contributed by atoms with Gasteiger partial charge < -0.3 is 15.5 Å². The lowest BCUT2D eigenvalue weighted by Gasteiger charge is -2.19. The number of carbonyl (C=O) groups is 2. The highest BCUT2D eigenvalue weighted by atomic mass is 32.1. The van der Waals surface area contributed by atoms with Gasteiger partial charge in [0.15, 0.2) is 0 Å². The summed E-state index contributed by atoms with van der Waals surface area (Å²) in [5, 5.41) is 20.3. The van der Waals surface area contributed by atoms with Gasteiger partial charge in [0, 0.05) is 17.9 Å². The lowest BCUT2D eigenvalue weighted by Crippen LogP contribution is -2.41. The summed E-state index contributed by atoms with van der Waals surface area (Å²) in [5.41, 5.74) is 1.23. The van der Waals surface area contributed by atoms with Crippen molar-refractivity contribution in [3.05, 3.63) is 21.4 Å². The number of aliphatic hydroxyl groups excluding tert-OH is 1. The van der Waals surface area contributed by atoms with E-state index in [2.05, 4.69) is 12.2 Å². The van der Waals surface area contributed by atoms with E-state index in [9.17, 15) is 9.59 Å². The molecule has 1 aliphatic rings. The topological polar surface area (TPSA) is 86.6 Å². The molecular weight excluding hydrogens is 290 g/mol. The fourth-order valence-corrected chi connectivity index (χ4v) is 3.79. The summed E-state index contributed by atoms with van der Waals surface area (Å²) >= 11 is 1.46. The van der Waals surface area contributed by atoms with Gasteiger partial charge in [-0.25, -0.2) is 4.79 Å². The Bertz CT molecular complexity index is 526. The van der Waals surface area contributed by atoms with Crippen LogP contribution in [0.5, 0.6) is 0 Å². The summed E-state index contributed by atoms with van der Waals surface area (Å²) in [5.74, 6) is -0.794. The molecule has 0 fully saturated rings. The predicted molar refractivity (Wildman–Crippen MR) is 80.7 cm³/mol. The van der Waals surface area contributed by atoms with Crippen LogP contribution >= 0.6 is 11.3 Å². The first-order valence-electron chi connectivity index (χ1n) is 7.31. The van der Waals surface area contributed by atoms with Gasteiger partial charge >= 0.3 is 5.97 Å². The predicted octanol–water partition coefficient (Wildman–Crippen LogP) is 1.83. The Morgan fingerprint density at radius 3 is 2.90 bits per heavy atom. The molecule has 2 atom stereocenters. The molecule has 1 aliphatic carbocycles. The van der Waals surface area contributed by atoms with Gasteiger partial charge in [0.2, 0.25) is 0 Å². The zero-order valence-electron chi connectivity index (χ0n) is 12.1. The van der Waals surface area contributed by atoms with E-state index in [-0.39, 0.29) is 18.9 Å². The fraction of sp³-hybridized carbons (Fsp3) is 0.600. The molecule has 1 amide bonds. The van der Waals surface area contributed by atoms with Gasteiger partial charge in [-0.05, 0) is 36.8 Å². The SMILES string of the molecule is CCC1CCc2sc(C(=O)N[C@@H](CCO)C(=O)O)cc2C1. The van der Waals surface area contributed by atoms with Crippen LogP contribution < -0.4 is 5.32 Å². The molecule has 21 heavy (non-hydrogen) atoms. The molecule has 0 aromatic carbocycles. The molecule has 3 N–H and O–H groups in total. The number of aryl methyl sites for hydroxylation is 1. The summed E-state index contributed by atoms with van der Waals surface area (Å²) in [6.07, 6.45) is 4.34. The highest BCUT2D eigenvalue weighted by molar-refractivity contribution is 7.14. The number of carboxylic acids is 1. The number of hydrogen-bond donors (Lipinski definition) is 3. The molecule has 0 radical (unpaired) electrons. The highest BCUT2D eigenvalue weighted by Crippen LogP contribution is 2.33. The van der Waals surface area contributed by atoms with Gasteiger partial charge in [0.25, 0.3) is 5.91 Å². The largest absolute Gasteiger partial charge is 0.480 e. The standard InChI is InChI=1S/C15H21NO4S/c1-2-9-3-4-12-10(7-9)8-13(21-12)14(18)16-11(5-6-17)15(19)20/h8-9,11,17H,2-7H2,1H3,(H,16,18)(H,19,20)/t9?,11-/m0/s1. The molecule has 116 valence electrons. The third-order valence-corrected chi connectivity index (χ3v) is 5.24. The van der Waals surface area contributed by atoms with Crippen molar-refractivity contribution in [1.29, 1.82) is 0 Å². The van der Waals surface area contributed by atoms with Crippen molar-refractivity contribution in [2.45, 2.75) is 45.1 Å². The van der Waals surface area contributed by atoms with Crippen molar-refractivity contribution in [3.63, 3.8) is 0 Å². The van der Waals surface area contributed by atoms with Crippen LogP contribution in [0.25, 0.3) is 0 Å². The number of fused-ring (bicyclic) bond motifs is 1. The second-order valence-electron chi connectivity index (χ2n) is 5.45. The van der Waals surface area contributed by atoms with Crippen molar-refractivity contribution >= 4 is 23.2 Å². The average Bonchev–Trinajstić information content (AvgIpc) is 2.89. The van der Waals surface area contributed by atoms with Crippen LogP contribution in [0.3, 0.4) is 0 Å². The number of rotatable bonds is 6. The van der Waals surface area contributed by atoms with E-state index in [0.29, 0.717) is 10.8 Å². The van der Waals surface area contributed by atoms with Gasteiger partial charge in [0.1, 0.15) is 6.04 Å². The molecule has 0 bridgehead atoms. The van der Waals surface area contributed by atoms with Crippen LogP contribution in [0.2, 0.25) is 0 Å². The molecule has 1 aromatic heterocycles. The minimum Gasteiger partial charge on any atom is -0.480 e. The summed E-state index contributed by atoms with van der Waals surface area (Å²) in [6, 6.07) is 0.861. The van der Waals surface area contributed by atoms with Crippen molar-refractivity contribution in [1.82, 2.24) is 5.32 Å². The highest BCUT2D eigenvalue weighted by Gasteiger charge is 2.24. The van der Waals surface area contributed by atoms with E-state index >= 15 is 0 Å². The van der Waals surface area contributed by atoms with Gasteiger partial charge in [-0.2, -0.15) is 0 Å². The molecule has 1 aromatic rings. The molecule has 0 spiro atoms. The van der Waals surface area contributed by atoms with Crippen molar-refractivity contribution in [3.8, 4) is 0 Å². The Hall–Kier alpha value is -1.40. The minimum atomic E-state index is -1.12. The van der Waals surface area contributed by atoms with E-state index in [4.69, 9.17) is 10.2 Å². The van der Waals surface area contributed by atoms with Crippen LogP contribution in [0.4, 0.5) is 0 Å². The number of carboxylic acid groups (broad SMARTS) is 1. The quantitative estimate of drug-likeness (QED) is 0.748. The van der Waals surface area contributed by atoms with Gasteiger partial charge in [-0.1, -0.05) is 13.3 Å². The van der Waals surface area contributed by atoms with Crippen molar-refractivity contribution in [2.24, 2.45) is 5.92 Å². The zero-order valence-corrected chi connectivity index (χ0v) is 12.9. The lowest BCUT2D eigenvalue weighted by atomic mass is 9.87. The van der Waals surface area contributed by atoms with E-state index in [1.54, 1.807) is 0 Å². The van der Waals surface area contributed by atoms with Gasteiger partial charge in [-0.15, -0.1) is 11.3 Å². The smallest absolute Gasteiger partial charge is 0.326 e. The first kappa shape index (κ1) is 16.0. The first-order chi connectivity index (χ1) is 10.0. The molecular formula is C15H21NO4S. The van der Waals surface area contributed by atoms with Crippen LogP contribution in [0, 0.1) is 5.92 Å². The molecule has 5 nitrogen and oxygen atoms in total. The molecule has 6 heteroatoms. The average molecular weight is 311 g/mol. The molecule has 1 unspecified atom stereocenters. The third kappa shape index (κ3) is 3.83. The van der Waals surface area contributed by atoms with E-state index in [1.165, 1.54) is 21.8 Å². The van der Waals surface area contributed by atoms with Gasteiger partial charge in [0.05, 0.1) is 4.88 Å². The van der Waals surface area contributed by atoms with Crippen LogP contribution in [-0.4, -0.2) is 34.7 Å². The van der Waals surface area contributed by atoms with E-state index in [1.807, 2.05) is 6.07 Å². The Balaban J connectivity index is 2.07. The van der Waals surface area contributed by atoms with Crippen LogP contribution in [-0.2, 0) is 17.6 Å². The summed E-state index contributed by atoms with van der Waals surface area (Å²) in [6.45, 7) is 1.92. The number of nitrogens with one attached hydrogen (secondary N) is 1. The summed E-state index contributed by atoms with van der Waals surface area (Å²) in [4.78, 5) is 25.0.